The molecule has 0 fully saturated rings. The smallest absolute Gasteiger partial charge is 0.260 e. The van der Waals surface area contributed by atoms with E-state index in [-0.39, 0.29) is 11.2 Å². The van der Waals surface area contributed by atoms with E-state index in [1.807, 2.05) is 5.32 Å². The Morgan fingerprint density at radius 3 is 2.48 bits per heavy atom. The summed E-state index contributed by atoms with van der Waals surface area (Å²) in [5, 5.41) is 4.31. The molecule has 1 aromatic carbocycles. The van der Waals surface area contributed by atoms with Crippen LogP contribution >= 0.6 is 12.2 Å². The highest BCUT2D eigenvalue weighted by Crippen LogP contribution is 2.18. The first-order valence-corrected chi connectivity index (χ1v) is 6.59. The molecular weight excluding hydrogens is 334 g/mol. The van der Waals surface area contributed by atoms with Crippen LogP contribution in [0.25, 0.3) is 0 Å². The molecule has 1 heterocycles. The van der Waals surface area contributed by atoms with Crippen LogP contribution in [-0.4, -0.2) is 16.0 Å². The number of thiocarbonyl (C=S) groups is 1. The Labute approximate surface area is 133 Å². The third-order valence-electron chi connectivity index (χ3n) is 2.70. The number of aromatic nitrogens is 1. The number of pyridine rings is 1. The van der Waals surface area contributed by atoms with E-state index in [1.54, 1.807) is 25.1 Å². The van der Waals surface area contributed by atoms with Crippen molar-refractivity contribution in [3.63, 3.8) is 0 Å². The summed E-state index contributed by atoms with van der Waals surface area (Å²) in [6, 6.07) is 5.21. The fourth-order valence-corrected chi connectivity index (χ4v) is 1.87. The van der Waals surface area contributed by atoms with Crippen molar-refractivity contribution in [3.8, 4) is 0 Å². The number of anilines is 1. The fraction of sp³-hybridized carbons (Fsp3) is 0.0714. The molecule has 0 radical (unpaired) electrons. The molecule has 1 amide bonds. The van der Waals surface area contributed by atoms with E-state index in [0.717, 1.165) is 0 Å². The van der Waals surface area contributed by atoms with Crippen LogP contribution in [0.4, 0.5) is 23.4 Å². The van der Waals surface area contributed by atoms with Gasteiger partial charge in [-0.3, -0.25) is 10.1 Å². The molecule has 0 saturated heterocycles. The average molecular weight is 343 g/mol. The lowest BCUT2D eigenvalue weighted by Gasteiger charge is -2.10. The number of hydrogen-bond donors (Lipinski definition) is 2. The first kappa shape index (κ1) is 16.8. The monoisotopic (exact) mass is 343 g/mol. The number of benzene rings is 1. The van der Waals surface area contributed by atoms with Gasteiger partial charge in [-0.05, 0) is 37.3 Å². The van der Waals surface area contributed by atoms with Gasteiger partial charge in [-0.2, -0.15) is 0 Å². The largest absolute Gasteiger partial charge is 0.317 e. The van der Waals surface area contributed by atoms with Gasteiger partial charge in [-0.15, -0.1) is 0 Å². The molecule has 4 nitrogen and oxygen atoms in total. The summed E-state index contributed by atoms with van der Waals surface area (Å²) in [7, 11) is 0. The zero-order valence-electron chi connectivity index (χ0n) is 11.6. The molecule has 23 heavy (non-hydrogen) atoms. The molecule has 0 bridgehead atoms. The van der Waals surface area contributed by atoms with E-state index in [1.165, 1.54) is 0 Å². The van der Waals surface area contributed by atoms with Gasteiger partial charge in [0.2, 0.25) is 0 Å². The van der Waals surface area contributed by atoms with Crippen molar-refractivity contribution in [2.75, 3.05) is 5.32 Å². The molecule has 0 saturated carbocycles. The predicted molar refractivity (Wildman–Crippen MR) is 78.9 cm³/mol. The van der Waals surface area contributed by atoms with Crippen LogP contribution in [0.15, 0.2) is 24.3 Å². The van der Waals surface area contributed by atoms with Crippen molar-refractivity contribution in [2.24, 2.45) is 0 Å². The summed E-state index contributed by atoms with van der Waals surface area (Å²) in [5.41, 5.74) is -0.333. The summed E-state index contributed by atoms with van der Waals surface area (Å²) < 4.78 is 52.6. The van der Waals surface area contributed by atoms with E-state index in [4.69, 9.17) is 12.2 Å². The van der Waals surface area contributed by atoms with Crippen molar-refractivity contribution in [1.82, 2.24) is 10.3 Å². The molecule has 2 aromatic rings. The zero-order valence-corrected chi connectivity index (χ0v) is 12.4. The second-order valence-corrected chi connectivity index (χ2v) is 4.83. The number of nitrogens with one attached hydrogen (secondary N) is 2. The molecular formula is C14H9F4N3OS. The van der Waals surface area contributed by atoms with Gasteiger partial charge in [0.05, 0.1) is 5.56 Å². The highest BCUT2D eigenvalue weighted by molar-refractivity contribution is 7.80. The van der Waals surface area contributed by atoms with E-state index in [2.05, 4.69) is 10.3 Å². The van der Waals surface area contributed by atoms with Crippen molar-refractivity contribution >= 4 is 29.1 Å². The lowest BCUT2D eigenvalue weighted by Crippen LogP contribution is -2.35. The molecule has 0 spiro atoms. The highest BCUT2D eigenvalue weighted by Gasteiger charge is 2.23. The third-order valence-corrected chi connectivity index (χ3v) is 2.91. The maximum absolute atomic E-state index is 13.5. The second-order valence-electron chi connectivity index (χ2n) is 4.42. The van der Waals surface area contributed by atoms with Gasteiger partial charge < -0.3 is 5.32 Å². The SMILES string of the molecule is Cc1cccc(NC(=S)NC(=O)c2cc(F)c(F)c(F)c2F)n1. The molecule has 0 aliphatic carbocycles. The Kier molecular flexibility index (Phi) is 4.89. The maximum atomic E-state index is 13.5. The van der Waals surface area contributed by atoms with Crippen LogP contribution in [-0.2, 0) is 0 Å². The van der Waals surface area contributed by atoms with E-state index in [9.17, 15) is 22.4 Å². The molecule has 0 unspecified atom stereocenters. The minimum atomic E-state index is -2.07. The van der Waals surface area contributed by atoms with Gasteiger partial charge in [0.1, 0.15) is 5.82 Å². The van der Waals surface area contributed by atoms with Gasteiger partial charge in [0, 0.05) is 5.69 Å². The number of carbonyl (C=O) groups excluding carboxylic acids is 1. The Balaban J connectivity index is 2.15. The van der Waals surface area contributed by atoms with Crippen molar-refractivity contribution in [3.05, 3.63) is 58.8 Å². The zero-order chi connectivity index (χ0) is 17.1. The molecule has 0 aliphatic heterocycles. The van der Waals surface area contributed by atoms with Crippen molar-refractivity contribution in [2.45, 2.75) is 6.92 Å². The Hall–Kier alpha value is -2.55. The Morgan fingerprint density at radius 1 is 1.13 bits per heavy atom. The number of aryl methyl sites for hydroxylation is 1. The number of hydrogen-bond acceptors (Lipinski definition) is 3. The lowest BCUT2D eigenvalue weighted by molar-refractivity contribution is 0.0971. The lowest BCUT2D eigenvalue weighted by atomic mass is 10.1. The molecule has 0 atom stereocenters. The van der Waals surface area contributed by atoms with Crippen LogP contribution in [0.2, 0.25) is 0 Å². The Bertz CT molecular complexity index is 798. The van der Waals surface area contributed by atoms with E-state index < -0.39 is 34.7 Å². The number of carbonyl (C=O) groups is 1. The molecule has 2 N–H and O–H groups in total. The van der Waals surface area contributed by atoms with Crippen molar-refractivity contribution < 1.29 is 22.4 Å². The summed E-state index contributed by atoms with van der Waals surface area (Å²) in [6.45, 7) is 1.73. The van der Waals surface area contributed by atoms with Gasteiger partial charge in [0.25, 0.3) is 5.91 Å². The summed E-state index contributed by atoms with van der Waals surface area (Å²) >= 11 is 4.82. The summed E-state index contributed by atoms with van der Waals surface area (Å²) in [4.78, 5) is 15.9. The van der Waals surface area contributed by atoms with Gasteiger partial charge in [-0.1, -0.05) is 6.07 Å². The average Bonchev–Trinajstić information content (AvgIpc) is 2.48. The third kappa shape index (κ3) is 3.81. The molecule has 2 rings (SSSR count). The summed E-state index contributed by atoms with van der Waals surface area (Å²) in [5.74, 6) is -8.48. The van der Waals surface area contributed by atoms with E-state index >= 15 is 0 Å². The highest BCUT2D eigenvalue weighted by atomic mass is 32.1. The van der Waals surface area contributed by atoms with Crippen molar-refractivity contribution in [1.29, 1.82) is 0 Å². The van der Waals surface area contributed by atoms with E-state index in [0.29, 0.717) is 11.5 Å². The first-order valence-electron chi connectivity index (χ1n) is 6.18. The number of rotatable bonds is 2. The molecule has 9 heteroatoms. The van der Waals surface area contributed by atoms with Crippen LogP contribution in [0.1, 0.15) is 16.1 Å². The predicted octanol–water partition coefficient (Wildman–Crippen LogP) is 3.07. The summed E-state index contributed by atoms with van der Waals surface area (Å²) in [6.07, 6.45) is 0. The number of nitrogens with zero attached hydrogens (tertiary/aromatic N) is 1. The van der Waals surface area contributed by atoms with Gasteiger partial charge in [-0.25, -0.2) is 22.5 Å². The quantitative estimate of drug-likeness (QED) is 0.381. The molecule has 1 aromatic heterocycles. The van der Waals surface area contributed by atoms with Crippen LogP contribution in [0, 0.1) is 30.2 Å². The first-order chi connectivity index (χ1) is 10.8. The van der Waals surface area contributed by atoms with Crippen LogP contribution in [0.3, 0.4) is 0 Å². The minimum absolute atomic E-state index is 0.247. The fourth-order valence-electron chi connectivity index (χ4n) is 1.67. The standard InChI is InChI=1S/C14H9F4N3OS/c1-6-3-2-4-9(19-6)20-14(23)21-13(22)7-5-8(15)11(17)12(18)10(7)16/h2-5H,1H3,(H2,19,20,21,22,23). The van der Waals surface area contributed by atoms with Crippen LogP contribution < -0.4 is 10.6 Å². The minimum Gasteiger partial charge on any atom is -0.317 e. The number of halogens is 4. The number of amides is 1. The molecule has 0 aliphatic rings. The normalized spacial score (nSPS) is 10.3. The van der Waals surface area contributed by atoms with Gasteiger partial charge in [0.15, 0.2) is 28.4 Å². The maximum Gasteiger partial charge on any atom is 0.260 e. The van der Waals surface area contributed by atoms with Gasteiger partial charge >= 0.3 is 0 Å². The second kappa shape index (κ2) is 6.69. The molecule has 120 valence electrons. The topological polar surface area (TPSA) is 54.0 Å². The van der Waals surface area contributed by atoms with Crippen LogP contribution in [0.5, 0.6) is 0 Å². The Morgan fingerprint density at radius 2 is 1.83 bits per heavy atom.